The molecule has 236 valence electrons. The number of aryl methyl sites for hydroxylation is 1. The van der Waals surface area contributed by atoms with Crippen LogP contribution in [0.2, 0.25) is 0 Å². The summed E-state index contributed by atoms with van der Waals surface area (Å²) in [5, 5.41) is 9.93. The van der Waals surface area contributed by atoms with Gasteiger partial charge < -0.3 is 25.1 Å². The monoisotopic (exact) mass is 615 g/mol. The van der Waals surface area contributed by atoms with Crippen LogP contribution in [-0.2, 0) is 11.3 Å². The number of nitrogens with one attached hydrogen (secondary N) is 3. The lowest BCUT2D eigenvalue weighted by molar-refractivity contribution is -0.123. The van der Waals surface area contributed by atoms with Crippen LogP contribution in [0.3, 0.4) is 0 Å². The quantitative estimate of drug-likeness (QED) is 0.287. The highest BCUT2D eigenvalue weighted by Crippen LogP contribution is 2.44. The summed E-state index contributed by atoms with van der Waals surface area (Å²) in [6, 6.07) is 8.32. The van der Waals surface area contributed by atoms with Gasteiger partial charge in [-0.25, -0.2) is 18.7 Å². The molecule has 1 aromatic carbocycles. The first-order valence-corrected chi connectivity index (χ1v) is 16.5. The Balaban J connectivity index is 1.20. The SMILES string of the molecule is C[C@H]1NC(=O)[C@@H]2C[C@H]2CCCCCn2c(-c3nc4cc(C(=O)N[C@H]5CNCC[C@@H]5F)c(F)cc4n3C3CC3)cc3ccc1nc32. The molecule has 0 spiro atoms. The van der Waals surface area contributed by atoms with E-state index in [4.69, 9.17) is 9.97 Å². The van der Waals surface area contributed by atoms with Crippen LogP contribution in [-0.4, -0.2) is 56.2 Å². The first kappa shape index (κ1) is 28.6. The second-order valence-corrected chi connectivity index (χ2v) is 13.5. The first-order chi connectivity index (χ1) is 21.9. The fourth-order valence-electron chi connectivity index (χ4n) is 7.32. The van der Waals surface area contributed by atoms with Crippen molar-refractivity contribution >= 4 is 33.9 Å². The molecule has 4 aliphatic rings. The second kappa shape index (κ2) is 11.2. The topological polar surface area (TPSA) is 106 Å². The molecule has 0 radical (unpaired) electrons. The Hall–Kier alpha value is -3.86. The van der Waals surface area contributed by atoms with E-state index in [0.29, 0.717) is 36.5 Å². The standard InChI is InChI=1S/C34H39F2N7O2/c1-18-26-9-6-20-14-30(42(31(20)39-26)12-4-2-3-5-19-13-22(19)33(44)38-18)32-40-27-15-23(25(36)16-29(27)43(32)21-7-8-21)34(45)41-28-17-37-11-10-24(28)35/h6,9,14-16,18-19,21-22,24,28,37H,2-5,7-8,10-13,17H2,1H3,(H,38,44)(H,41,45)/t18-,19-,22-,24+,28+/m1/s1. The van der Waals surface area contributed by atoms with Gasteiger partial charge in [0.05, 0.1) is 40.1 Å². The highest BCUT2D eigenvalue weighted by atomic mass is 19.1. The smallest absolute Gasteiger partial charge is 0.254 e. The molecule has 3 fully saturated rings. The van der Waals surface area contributed by atoms with Gasteiger partial charge in [0.2, 0.25) is 5.91 Å². The minimum Gasteiger partial charge on any atom is -0.348 e. The highest BCUT2D eigenvalue weighted by Gasteiger charge is 2.42. The van der Waals surface area contributed by atoms with E-state index in [0.717, 1.165) is 79.7 Å². The van der Waals surface area contributed by atoms with Crippen LogP contribution in [0.5, 0.6) is 0 Å². The Labute approximate surface area is 260 Å². The lowest BCUT2D eigenvalue weighted by Crippen LogP contribution is -2.52. The Morgan fingerprint density at radius 1 is 1.07 bits per heavy atom. The van der Waals surface area contributed by atoms with Crippen molar-refractivity contribution in [2.75, 3.05) is 13.1 Å². The zero-order valence-corrected chi connectivity index (χ0v) is 25.5. The molecule has 2 saturated carbocycles. The van der Waals surface area contributed by atoms with Crippen LogP contribution in [0.25, 0.3) is 33.6 Å². The van der Waals surface area contributed by atoms with E-state index >= 15 is 4.39 Å². The van der Waals surface area contributed by atoms with Crippen molar-refractivity contribution in [2.45, 2.75) is 89.1 Å². The van der Waals surface area contributed by atoms with Gasteiger partial charge in [-0.3, -0.25) is 9.59 Å². The minimum atomic E-state index is -1.17. The summed E-state index contributed by atoms with van der Waals surface area (Å²) in [6.45, 7) is 3.61. The first-order valence-electron chi connectivity index (χ1n) is 16.5. The number of rotatable bonds is 4. The lowest BCUT2D eigenvalue weighted by Gasteiger charge is -2.27. The summed E-state index contributed by atoms with van der Waals surface area (Å²) in [6.07, 6.45) is 6.23. The van der Waals surface area contributed by atoms with Gasteiger partial charge in [0.25, 0.3) is 5.91 Å². The molecule has 2 aliphatic heterocycles. The minimum absolute atomic E-state index is 0.126. The number of alkyl halides is 1. The average molecular weight is 616 g/mol. The van der Waals surface area contributed by atoms with E-state index in [9.17, 15) is 14.0 Å². The fraction of sp³-hybridized carbons (Fsp3) is 0.529. The number of imidazole rings is 1. The third-order valence-electron chi connectivity index (χ3n) is 10.2. The molecular weight excluding hydrogens is 576 g/mol. The molecule has 3 aromatic heterocycles. The van der Waals surface area contributed by atoms with Gasteiger partial charge in [0.15, 0.2) is 5.82 Å². The summed E-state index contributed by atoms with van der Waals surface area (Å²) < 4.78 is 34.3. The third-order valence-corrected chi connectivity index (χ3v) is 10.2. The summed E-state index contributed by atoms with van der Waals surface area (Å²) in [5.74, 6) is 0.192. The van der Waals surface area contributed by atoms with E-state index in [1.807, 2.05) is 13.0 Å². The van der Waals surface area contributed by atoms with Crippen molar-refractivity contribution in [2.24, 2.45) is 11.8 Å². The summed E-state index contributed by atoms with van der Waals surface area (Å²) in [7, 11) is 0. The predicted octanol–water partition coefficient (Wildman–Crippen LogP) is 5.34. The summed E-state index contributed by atoms with van der Waals surface area (Å²) in [4.78, 5) is 36.1. The number of halogens is 2. The average Bonchev–Trinajstić information content (AvgIpc) is 3.95. The van der Waals surface area contributed by atoms with Crippen LogP contribution in [0, 0.1) is 17.7 Å². The van der Waals surface area contributed by atoms with E-state index in [1.165, 1.54) is 12.1 Å². The molecule has 9 nitrogen and oxygen atoms in total. The van der Waals surface area contributed by atoms with Crippen LogP contribution in [0.15, 0.2) is 30.3 Å². The van der Waals surface area contributed by atoms with Crippen LogP contribution >= 0.6 is 0 Å². The van der Waals surface area contributed by atoms with Crippen molar-refractivity contribution in [1.82, 2.24) is 35.1 Å². The van der Waals surface area contributed by atoms with Gasteiger partial charge in [0, 0.05) is 36.5 Å². The molecule has 1 saturated heterocycles. The summed E-state index contributed by atoms with van der Waals surface area (Å²) in [5.41, 5.74) is 3.61. The molecule has 3 N–H and O–H groups in total. The Morgan fingerprint density at radius 3 is 2.76 bits per heavy atom. The number of hydrogen-bond acceptors (Lipinski definition) is 5. The second-order valence-electron chi connectivity index (χ2n) is 13.5. The molecule has 2 amide bonds. The molecule has 5 atom stereocenters. The number of carbonyl (C=O) groups excluding carboxylic acids is 2. The maximum Gasteiger partial charge on any atom is 0.254 e. The third kappa shape index (κ3) is 5.28. The number of fused-ring (bicyclic) bond motifs is 3. The Morgan fingerprint density at radius 2 is 1.93 bits per heavy atom. The number of carbonyl (C=O) groups is 2. The number of piperidine rings is 1. The van der Waals surface area contributed by atoms with Crippen molar-refractivity contribution in [3.63, 3.8) is 0 Å². The predicted molar refractivity (Wildman–Crippen MR) is 167 cm³/mol. The molecule has 45 heavy (non-hydrogen) atoms. The maximum atomic E-state index is 15.6. The number of aromatic nitrogens is 4. The van der Waals surface area contributed by atoms with Crippen molar-refractivity contribution in [1.29, 1.82) is 0 Å². The number of amides is 2. The molecule has 4 aromatic rings. The lowest BCUT2D eigenvalue weighted by atomic mass is 10.0. The summed E-state index contributed by atoms with van der Waals surface area (Å²) >= 11 is 0. The number of pyridine rings is 1. The zero-order chi connectivity index (χ0) is 30.8. The van der Waals surface area contributed by atoms with Gasteiger partial charge in [-0.2, -0.15) is 0 Å². The molecule has 8 rings (SSSR count). The van der Waals surface area contributed by atoms with Gasteiger partial charge in [-0.1, -0.05) is 12.8 Å². The maximum absolute atomic E-state index is 15.6. The van der Waals surface area contributed by atoms with Gasteiger partial charge >= 0.3 is 0 Å². The zero-order valence-electron chi connectivity index (χ0n) is 25.5. The van der Waals surface area contributed by atoms with Crippen LogP contribution < -0.4 is 16.0 Å². The van der Waals surface area contributed by atoms with Crippen LogP contribution in [0.1, 0.15) is 86.4 Å². The van der Waals surface area contributed by atoms with Gasteiger partial charge in [-0.05, 0) is 82.2 Å². The fourth-order valence-corrected chi connectivity index (χ4v) is 7.32. The van der Waals surface area contributed by atoms with E-state index in [2.05, 4.69) is 37.2 Å². The van der Waals surface area contributed by atoms with Gasteiger partial charge in [0.1, 0.15) is 17.6 Å². The van der Waals surface area contributed by atoms with Gasteiger partial charge in [-0.15, -0.1) is 0 Å². The molecule has 2 aliphatic carbocycles. The number of nitrogens with zero attached hydrogens (tertiary/aromatic N) is 4. The molecule has 0 unspecified atom stereocenters. The largest absolute Gasteiger partial charge is 0.348 e. The van der Waals surface area contributed by atoms with Crippen LogP contribution in [0.4, 0.5) is 8.78 Å². The highest BCUT2D eigenvalue weighted by molar-refractivity contribution is 5.98. The Kier molecular flexibility index (Phi) is 7.11. The van der Waals surface area contributed by atoms with Crippen molar-refractivity contribution in [3.8, 4) is 11.5 Å². The normalized spacial score (nSPS) is 27.3. The molecule has 11 heteroatoms. The Bertz CT molecular complexity index is 1810. The number of benzene rings is 1. The van der Waals surface area contributed by atoms with E-state index in [-0.39, 0.29) is 29.5 Å². The molecule has 2 bridgehead atoms. The van der Waals surface area contributed by atoms with Crippen molar-refractivity contribution < 1.29 is 18.4 Å². The molecular formula is C34H39F2N7O2. The van der Waals surface area contributed by atoms with Crippen molar-refractivity contribution in [3.05, 3.63) is 47.4 Å². The molecule has 5 heterocycles. The van der Waals surface area contributed by atoms with E-state index in [1.54, 1.807) is 0 Å². The number of hydrogen-bond donors (Lipinski definition) is 3. The van der Waals surface area contributed by atoms with E-state index < -0.39 is 23.9 Å².